The van der Waals surface area contributed by atoms with Crippen molar-refractivity contribution in [3.05, 3.63) is 35.4 Å². The number of alkyl halides is 2. The molecule has 0 radical (unpaired) electrons. The normalized spacial score (nSPS) is 15.4. The van der Waals surface area contributed by atoms with Gasteiger partial charge in [0.15, 0.2) is 9.84 Å². The van der Waals surface area contributed by atoms with Crippen LogP contribution in [-0.2, 0) is 15.6 Å². The average Bonchev–Trinajstić information content (AvgIpc) is 2.46. The maximum Gasteiger partial charge on any atom is 0.246 e. The van der Waals surface area contributed by atoms with E-state index in [9.17, 15) is 17.2 Å². The van der Waals surface area contributed by atoms with Crippen LogP contribution >= 0.6 is 0 Å². The van der Waals surface area contributed by atoms with Gasteiger partial charge in [0.1, 0.15) is 0 Å². The minimum absolute atomic E-state index is 0.177. The number of halogens is 2. The number of hydrogen-bond acceptors (Lipinski definition) is 2. The molecule has 23 heavy (non-hydrogen) atoms. The lowest BCUT2D eigenvalue weighted by Crippen LogP contribution is -2.18. The third-order valence-corrected chi connectivity index (χ3v) is 6.02. The predicted molar refractivity (Wildman–Crippen MR) is 91.7 cm³/mol. The second-order valence-electron chi connectivity index (χ2n) is 6.55. The molecule has 1 unspecified atom stereocenters. The summed E-state index contributed by atoms with van der Waals surface area (Å²) >= 11 is 0. The molecule has 0 saturated carbocycles. The fourth-order valence-electron chi connectivity index (χ4n) is 2.77. The highest BCUT2D eigenvalue weighted by molar-refractivity contribution is 7.90. The Bertz CT molecular complexity index is 574. The van der Waals surface area contributed by atoms with Crippen LogP contribution in [0.3, 0.4) is 0 Å². The van der Waals surface area contributed by atoms with Crippen molar-refractivity contribution in [2.24, 2.45) is 5.92 Å². The Balaban J connectivity index is 2.77. The molecule has 1 rings (SSSR count). The van der Waals surface area contributed by atoms with Gasteiger partial charge in [-0.05, 0) is 36.3 Å². The molecule has 5 heteroatoms. The SMILES string of the molecule is CCC(C)[C@@H](CC)c1ccc(CS(=O)(=O)CCC(C)(F)F)cc1. The van der Waals surface area contributed by atoms with Crippen LogP contribution in [0.1, 0.15) is 64.0 Å². The van der Waals surface area contributed by atoms with E-state index in [0.29, 0.717) is 17.4 Å². The molecule has 2 atom stereocenters. The lowest BCUT2D eigenvalue weighted by molar-refractivity contribution is 0.0189. The van der Waals surface area contributed by atoms with E-state index in [4.69, 9.17) is 0 Å². The Kier molecular flexibility index (Phi) is 7.18. The monoisotopic (exact) mass is 346 g/mol. The summed E-state index contributed by atoms with van der Waals surface area (Å²) in [7, 11) is -3.51. The summed E-state index contributed by atoms with van der Waals surface area (Å²) in [4.78, 5) is 0. The highest BCUT2D eigenvalue weighted by atomic mass is 32.2. The summed E-state index contributed by atoms with van der Waals surface area (Å²) in [6.07, 6.45) is 1.51. The summed E-state index contributed by atoms with van der Waals surface area (Å²) in [6.45, 7) is 7.28. The second kappa shape index (κ2) is 8.22. The Morgan fingerprint density at radius 2 is 1.65 bits per heavy atom. The van der Waals surface area contributed by atoms with Gasteiger partial charge in [-0.2, -0.15) is 0 Å². The Morgan fingerprint density at radius 1 is 1.09 bits per heavy atom. The molecule has 0 aliphatic rings. The molecule has 132 valence electrons. The van der Waals surface area contributed by atoms with Gasteiger partial charge < -0.3 is 0 Å². The molecular weight excluding hydrogens is 318 g/mol. The quantitative estimate of drug-likeness (QED) is 0.617. The van der Waals surface area contributed by atoms with Crippen LogP contribution in [0.15, 0.2) is 24.3 Å². The van der Waals surface area contributed by atoms with Gasteiger partial charge in [-0.1, -0.05) is 51.5 Å². The molecule has 0 aliphatic heterocycles. The van der Waals surface area contributed by atoms with Crippen LogP contribution in [0.5, 0.6) is 0 Å². The molecule has 0 bridgehead atoms. The van der Waals surface area contributed by atoms with Crippen LogP contribution in [-0.4, -0.2) is 20.1 Å². The van der Waals surface area contributed by atoms with E-state index in [1.807, 2.05) is 24.3 Å². The molecule has 0 amide bonds. The van der Waals surface area contributed by atoms with Gasteiger partial charge in [0.2, 0.25) is 5.92 Å². The van der Waals surface area contributed by atoms with Crippen molar-refractivity contribution in [3.8, 4) is 0 Å². The van der Waals surface area contributed by atoms with Crippen molar-refractivity contribution in [1.82, 2.24) is 0 Å². The summed E-state index contributed by atoms with van der Waals surface area (Å²) in [5.74, 6) is -2.57. The lowest BCUT2D eigenvalue weighted by atomic mass is 9.83. The molecule has 0 spiro atoms. The number of benzene rings is 1. The molecule has 1 aromatic carbocycles. The first-order valence-electron chi connectivity index (χ1n) is 8.25. The molecule has 0 N–H and O–H groups in total. The Morgan fingerprint density at radius 3 is 2.09 bits per heavy atom. The second-order valence-corrected chi connectivity index (χ2v) is 8.74. The lowest BCUT2D eigenvalue weighted by Gasteiger charge is -2.22. The van der Waals surface area contributed by atoms with Gasteiger partial charge in [-0.3, -0.25) is 0 Å². The van der Waals surface area contributed by atoms with E-state index in [-0.39, 0.29) is 5.75 Å². The number of hydrogen-bond donors (Lipinski definition) is 0. The molecular formula is C18H28F2O2S. The topological polar surface area (TPSA) is 34.1 Å². The Hall–Kier alpha value is -0.970. The van der Waals surface area contributed by atoms with Gasteiger partial charge >= 0.3 is 0 Å². The Labute approximate surface area is 139 Å². The van der Waals surface area contributed by atoms with Crippen molar-refractivity contribution >= 4 is 9.84 Å². The first-order valence-corrected chi connectivity index (χ1v) is 10.1. The highest BCUT2D eigenvalue weighted by Crippen LogP contribution is 2.30. The third kappa shape index (κ3) is 6.98. The third-order valence-electron chi connectivity index (χ3n) is 4.42. The fraction of sp³-hybridized carbons (Fsp3) is 0.667. The van der Waals surface area contributed by atoms with E-state index in [1.165, 1.54) is 5.56 Å². The first kappa shape index (κ1) is 20.1. The van der Waals surface area contributed by atoms with Gasteiger partial charge in [0, 0.05) is 6.42 Å². The zero-order valence-corrected chi connectivity index (χ0v) is 15.3. The molecule has 2 nitrogen and oxygen atoms in total. The fourth-order valence-corrected chi connectivity index (χ4v) is 4.29. The van der Waals surface area contributed by atoms with Gasteiger partial charge in [0.25, 0.3) is 0 Å². The molecule has 0 saturated heterocycles. The molecule has 0 fully saturated rings. The van der Waals surface area contributed by atoms with E-state index in [1.54, 1.807) is 0 Å². The maximum atomic E-state index is 12.8. The van der Waals surface area contributed by atoms with Crippen LogP contribution in [0.2, 0.25) is 0 Å². The summed E-state index contributed by atoms with van der Waals surface area (Å²) in [5.41, 5.74) is 1.87. The molecule has 1 aromatic rings. The van der Waals surface area contributed by atoms with Crippen LogP contribution < -0.4 is 0 Å². The van der Waals surface area contributed by atoms with Crippen LogP contribution in [0, 0.1) is 5.92 Å². The maximum absolute atomic E-state index is 12.8. The summed E-state index contributed by atoms with van der Waals surface area (Å²) < 4.78 is 49.5. The van der Waals surface area contributed by atoms with Crippen molar-refractivity contribution in [1.29, 1.82) is 0 Å². The largest absolute Gasteiger partial charge is 0.246 e. The van der Waals surface area contributed by atoms with E-state index >= 15 is 0 Å². The molecule has 0 heterocycles. The highest BCUT2D eigenvalue weighted by Gasteiger charge is 2.25. The molecule has 0 aliphatic carbocycles. The van der Waals surface area contributed by atoms with Crippen LogP contribution in [0.25, 0.3) is 0 Å². The number of rotatable bonds is 9. The minimum atomic E-state index is -3.51. The zero-order chi connectivity index (χ0) is 17.7. The van der Waals surface area contributed by atoms with E-state index in [0.717, 1.165) is 19.8 Å². The smallest absolute Gasteiger partial charge is 0.228 e. The van der Waals surface area contributed by atoms with Crippen molar-refractivity contribution < 1.29 is 17.2 Å². The predicted octanol–water partition coefficient (Wildman–Crippen LogP) is 5.19. The minimum Gasteiger partial charge on any atom is -0.228 e. The standard InChI is InChI=1S/C18H28F2O2S/c1-5-14(3)17(6-2)16-9-7-15(8-10-16)13-23(21,22)12-11-18(4,19)20/h7-10,14,17H,5-6,11-13H2,1-4H3/t14?,17-/m1/s1. The van der Waals surface area contributed by atoms with Gasteiger partial charge in [-0.25, -0.2) is 17.2 Å². The number of sulfone groups is 1. The van der Waals surface area contributed by atoms with Crippen molar-refractivity contribution in [2.45, 2.75) is 64.6 Å². The first-order chi connectivity index (χ1) is 10.6. The van der Waals surface area contributed by atoms with Crippen molar-refractivity contribution in [3.63, 3.8) is 0 Å². The van der Waals surface area contributed by atoms with Crippen LogP contribution in [0.4, 0.5) is 8.78 Å². The zero-order valence-electron chi connectivity index (χ0n) is 14.5. The van der Waals surface area contributed by atoms with E-state index < -0.39 is 27.9 Å². The van der Waals surface area contributed by atoms with Crippen molar-refractivity contribution in [2.75, 3.05) is 5.75 Å². The summed E-state index contributed by atoms with van der Waals surface area (Å²) in [6, 6.07) is 7.56. The van der Waals surface area contributed by atoms with E-state index in [2.05, 4.69) is 20.8 Å². The molecule has 0 aromatic heterocycles. The van der Waals surface area contributed by atoms with Gasteiger partial charge in [0.05, 0.1) is 11.5 Å². The van der Waals surface area contributed by atoms with Gasteiger partial charge in [-0.15, -0.1) is 0 Å². The summed E-state index contributed by atoms with van der Waals surface area (Å²) in [5, 5.41) is 0. The average molecular weight is 346 g/mol.